The van der Waals surface area contributed by atoms with E-state index >= 15 is 0 Å². The number of alkyl halides is 2. The maximum atomic E-state index is 13.1. The molecule has 3 rings (SSSR count). The number of carbonyl (C=O) groups excluding carboxylic acids is 1. The van der Waals surface area contributed by atoms with Gasteiger partial charge in [-0.3, -0.25) is 14.8 Å². The molecule has 136 valence electrons. The molecule has 0 radical (unpaired) electrons. The first kappa shape index (κ1) is 19.3. The van der Waals surface area contributed by atoms with Gasteiger partial charge in [-0.25, -0.2) is 13.8 Å². The van der Waals surface area contributed by atoms with Crippen LogP contribution in [0.3, 0.4) is 0 Å². The number of pyridine rings is 1. The zero-order chi connectivity index (χ0) is 18.3. The molecule has 3 heterocycles. The zero-order valence-corrected chi connectivity index (χ0v) is 14.5. The van der Waals surface area contributed by atoms with Gasteiger partial charge in [-0.15, -0.1) is 0 Å². The topological polar surface area (TPSA) is 73.9 Å². The van der Waals surface area contributed by atoms with E-state index in [9.17, 15) is 13.6 Å². The Bertz CT molecular complexity index is 624. The van der Waals surface area contributed by atoms with Crippen molar-refractivity contribution in [2.75, 3.05) is 18.4 Å². The van der Waals surface area contributed by atoms with Crippen LogP contribution in [0.2, 0.25) is 5.02 Å². The lowest BCUT2D eigenvalue weighted by Crippen LogP contribution is -2.48. The van der Waals surface area contributed by atoms with Crippen molar-refractivity contribution >= 4 is 23.3 Å². The van der Waals surface area contributed by atoms with Crippen LogP contribution < -0.4 is 5.32 Å². The lowest BCUT2D eigenvalue weighted by atomic mass is 10.0. The summed E-state index contributed by atoms with van der Waals surface area (Å²) in [4.78, 5) is 17.8. The fraction of sp³-hybridized carbons (Fsp3) is 0.438. The fourth-order valence-corrected chi connectivity index (χ4v) is 2.41. The SMILES string of the molecule is CC(C(=O)Nc1ccc(Cl)cn1)N1CCC(F)(F)CC1.c1cn[nH]c1. The van der Waals surface area contributed by atoms with Gasteiger partial charge >= 0.3 is 0 Å². The van der Waals surface area contributed by atoms with Gasteiger partial charge in [0.2, 0.25) is 5.91 Å². The Morgan fingerprint density at radius 2 is 2.12 bits per heavy atom. The molecule has 0 bridgehead atoms. The normalized spacial score (nSPS) is 17.9. The van der Waals surface area contributed by atoms with Gasteiger partial charge in [0.1, 0.15) is 5.82 Å². The van der Waals surface area contributed by atoms with Gasteiger partial charge in [0.05, 0.1) is 11.1 Å². The summed E-state index contributed by atoms with van der Waals surface area (Å²) in [5, 5.41) is 9.34. The molecule has 1 fully saturated rings. The number of piperidine rings is 1. The highest BCUT2D eigenvalue weighted by Crippen LogP contribution is 2.28. The molecule has 1 saturated heterocycles. The van der Waals surface area contributed by atoms with Crippen molar-refractivity contribution in [3.63, 3.8) is 0 Å². The summed E-state index contributed by atoms with van der Waals surface area (Å²) in [6, 6.07) is 4.58. The first-order valence-electron chi connectivity index (χ1n) is 7.85. The molecule has 9 heteroatoms. The molecule has 1 atom stereocenters. The number of likely N-dealkylation sites (tertiary alicyclic amines) is 1. The number of rotatable bonds is 3. The number of nitrogens with zero attached hydrogens (tertiary/aromatic N) is 3. The number of amides is 1. The molecule has 0 aromatic carbocycles. The van der Waals surface area contributed by atoms with Crippen molar-refractivity contribution in [3.8, 4) is 0 Å². The van der Waals surface area contributed by atoms with Crippen molar-refractivity contribution in [1.29, 1.82) is 0 Å². The molecule has 0 saturated carbocycles. The summed E-state index contributed by atoms with van der Waals surface area (Å²) < 4.78 is 26.2. The molecular weight excluding hydrogens is 352 g/mol. The summed E-state index contributed by atoms with van der Waals surface area (Å²) in [6.07, 6.45) is 4.48. The monoisotopic (exact) mass is 371 g/mol. The summed E-state index contributed by atoms with van der Waals surface area (Å²) in [5.74, 6) is -2.47. The maximum absolute atomic E-state index is 13.1. The zero-order valence-electron chi connectivity index (χ0n) is 13.8. The average Bonchev–Trinajstić information content (AvgIpc) is 3.16. The molecular formula is C16H20ClF2N5O. The second kappa shape index (κ2) is 8.87. The van der Waals surface area contributed by atoms with Gasteiger partial charge < -0.3 is 5.32 Å². The Hall–Kier alpha value is -2.06. The van der Waals surface area contributed by atoms with E-state index < -0.39 is 12.0 Å². The lowest BCUT2D eigenvalue weighted by Gasteiger charge is -2.34. The number of anilines is 1. The number of aromatic nitrogens is 3. The molecule has 1 aliphatic heterocycles. The second-order valence-corrected chi connectivity index (χ2v) is 6.12. The molecule has 2 aromatic rings. The number of carbonyl (C=O) groups is 1. The van der Waals surface area contributed by atoms with Crippen LogP contribution in [-0.4, -0.2) is 51.0 Å². The van der Waals surface area contributed by atoms with E-state index in [1.807, 2.05) is 6.07 Å². The third kappa shape index (κ3) is 6.39. The van der Waals surface area contributed by atoms with Crippen molar-refractivity contribution in [1.82, 2.24) is 20.1 Å². The first-order valence-corrected chi connectivity index (χ1v) is 8.23. The molecule has 2 N–H and O–H groups in total. The molecule has 1 aliphatic rings. The predicted molar refractivity (Wildman–Crippen MR) is 91.7 cm³/mol. The van der Waals surface area contributed by atoms with Crippen LogP contribution in [0, 0.1) is 0 Å². The van der Waals surface area contributed by atoms with Gasteiger partial charge in [-0.05, 0) is 25.1 Å². The molecule has 0 aliphatic carbocycles. The van der Waals surface area contributed by atoms with Gasteiger partial charge in [-0.2, -0.15) is 5.10 Å². The van der Waals surface area contributed by atoms with Crippen LogP contribution in [0.4, 0.5) is 14.6 Å². The smallest absolute Gasteiger partial charge is 0.250 e. The largest absolute Gasteiger partial charge is 0.309 e. The van der Waals surface area contributed by atoms with Gasteiger partial charge in [0, 0.05) is 44.5 Å². The number of halogens is 3. The minimum Gasteiger partial charge on any atom is -0.309 e. The third-order valence-electron chi connectivity index (χ3n) is 3.84. The third-order valence-corrected chi connectivity index (χ3v) is 4.06. The predicted octanol–water partition coefficient (Wildman–Crippen LogP) is 3.20. The summed E-state index contributed by atoms with van der Waals surface area (Å²) in [7, 11) is 0. The molecule has 1 amide bonds. The highest BCUT2D eigenvalue weighted by Gasteiger charge is 2.36. The quantitative estimate of drug-likeness (QED) is 0.868. The summed E-state index contributed by atoms with van der Waals surface area (Å²) in [5.41, 5.74) is 0. The Morgan fingerprint density at radius 1 is 1.40 bits per heavy atom. The Balaban J connectivity index is 0.000000386. The second-order valence-electron chi connectivity index (χ2n) is 5.69. The number of H-pyrrole nitrogens is 1. The van der Waals surface area contributed by atoms with Crippen LogP contribution in [0.5, 0.6) is 0 Å². The molecule has 6 nitrogen and oxygen atoms in total. The maximum Gasteiger partial charge on any atom is 0.250 e. The van der Waals surface area contributed by atoms with Crippen LogP contribution in [0.1, 0.15) is 19.8 Å². The van der Waals surface area contributed by atoms with Crippen LogP contribution in [0.15, 0.2) is 36.8 Å². The molecule has 25 heavy (non-hydrogen) atoms. The number of hydrogen-bond acceptors (Lipinski definition) is 4. The summed E-state index contributed by atoms with van der Waals surface area (Å²) in [6.45, 7) is 2.14. The minimum absolute atomic E-state index is 0.205. The van der Waals surface area contributed by atoms with E-state index in [4.69, 9.17) is 11.6 Å². The van der Waals surface area contributed by atoms with Crippen molar-refractivity contribution in [2.24, 2.45) is 0 Å². The van der Waals surface area contributed by atoms with Gasteiger partial charge in [0.15, 0.2) is 0 Å². The standard InChI is InChI=1S/C13H16ClF2N3O.C3H4N2/c1-9(19-6-4-13(15,16)5-7-19)12(20)18-11-3-2-10(14)8-17-11;1-2-4-5-3-1/h2-3,8-9H,4-7H2,1H3,(H,17,18,20);1-3H,(H,4,5). The highest BCUT2D eigenvalue weighted by molar-refractivity contribution is 6.30. The minimum atomic E-state index is -2.61. The fourth-order valence-electron chi connectivity index (χ4n) is 2.30. The van der Waals surface area contributed by atoms with E-state index in [1.165, 1.54) is 6.20 Å². The van der Waals surface area contributed by atoms with Gasteiger partial charge in [-0.1, -0.05) is 11.6 Å². The Morgan fingerprint density at radius 3 is 2.60 bits per heavy atom. The number of nitrogens with one attached hydrogen (secondary N) is 2. The van der Waals surface area contributed by atoms with Crippen molar-refractivity contribution < 1.29 is 13.6 Å². The average molecular weight is 372 g/mol. The summed E-state index contributed by atoms with van der Waals surface area (Å²) >= 11 is 5.70. The molecule has 2 aromatic heterocycles. The Labute approximate surface area is 149 Å². The van der Waals surface area contributed by atoms with E-state index in [-0.39, 0.29) is 31.8 Å². The lowest BCUT2D eigenvalue weighted by molar-refractivity contribution is -0.124. The van der Waals surface area contributed by atoms with Crippen LogP contribution in [0.25, 0.3) is 0 Å². The van der Waals surface area contributed by atoms with Crippen LogP contribution >= 0.6 is 11.6 Å². The van der Waals surface area contributed by atoms with Crippen molar-refractivity contribution in [3.05, 3.63) is 41.8 Å². The van der Waals surface area contributed by atoms with Gasteiger partial charge in [0.25, 0.3) is 5.92 Å². The molecule has 1 unspecified atom stereocenters. The first-order chi connectivity index (χ1) is 11.9. The van der Waals surface area contributed by atoms with E-state index in [0.29, 0.717) is 10.8 Å². The van der Waals surface area contributed by atoms with E-state index in [2.05, 4.69) is 20.5 Å². The number of aromatic amines is 1. The molecule has 0 spiro atoms. The van der Waals surface area contributed by atoms with E-state index in [0.717, 1.165) is 0 Å². The number of hydrogen-bond donors (Lipinski definition) is 2. The van der Waals surface area contributed by atoms with E-state index in [1.54, 1.807) is 36.4 Å². The van der Waals surface area contributed by atoms with Crippen LogP contribution in [-0.2, 0) is 4.79 Å². The highest BCUT2D eigenvalue weighted by atomic mass is 35.5. The Kier molecular flexibility index (Phi) is 6.83. The van der Waals surface area contributed by atoms with Crippen molar-refractivity contribution in [2.45, 2.75) is 31.7 Å².